The molecule has 1 amide bonds. The standard InChI is InChI=1S/C16H20N2O3/c1-3-7-18(10-15(20)21)14(19)8-12-9-17-13-6-4-5-11(2)16(12)13/h4-6,9,17H,3,7-8,10H2,1-2H3,(H,20,21). The number of rotatable bonds is 6. The monoisotopic (exact) mass is 288 g/mol. The lowest BCUT2D eigenvalue weighted by atomic mass is 10.0. The number of carboxylic acid groups (broad SMARTS) is 1. The van der Waals surface area contributed by atoms with Crippen LogP contribution in [0.4, 0.5) is 0 Å². The Morgan fingerprint density at radius 3 is 2.76 bits per heavy atom. The van der Waals surface area contributed by atoms with Crippen molar-refractivity contribution in [2.24, 2.45) is 0 Å². The second kappa shape index (κ2) is 6.43. The topological polar surface area (TPSA) is 73.4 Å². The fourth-order valence-electron chi connectivity index (χ4n) is 2.59. The zero-order valence-electron chi connectivity index (χ0n) is 12.3. The second-order valence-corrected chi connectivity index (χ2v) is 5.20. The molecular weight excluding hydrogens is 268 g/mol. The summed E-state index contributed by atoms with van der Waals surface area (Å²) in [6.45, 7) is 4.16. The summed E-state index contributed by atoms with van der Waals surface area (Å²) >= 11 is 0. The van der Waals surface area contributed by atoms with Gasteiger partial charge < -0.3 is 15.0 Å². The number of aryl methyl sites for hydroxylation is 1. The molecule has 5 heteroatoms. The van der Waals surface area contributed by atoms with E-state index in [0.717, 1.165) is 28.5 Å². The lowest BCUT2D eigenvalue weighted by Crippen LogP contribution is -2.37. The summed E-state index contributed by atoms with van der Waals surface area (Å²) in [7, 11) is 0. The van der Waals surface area contributed by atoms with E-state index in [1.807, 2.05) is 38.2 Å². The first kappa shape index (κ1) is 15.1. The summed E-state index contributed by atoms with van der Waals surface area (Å²) < 4.78 is 0. The molecule has 0 radical (unpaired) electrons. The van der Waals surface area contributed by atoms with Crippen LogP contribution in [-0.4, -0.2) is 40.0 Å². The van der Waals surface area contributed by atoms with E-state index in [1.54, 1.807) is 0 Å². The Hall–Kier alpha value is -2.30. The SMILES string of the molecule is CCCN(CC(=O)O)C(=O)Cc1c[nH]c2cccc(C)c12. The van der Waals surface area contributed by atoms with E-state index < -0.39 is 5.97 Å². The molecule has 2 N–H and O–H groups in total. The van der Waals surface area contributed by atoms with Gasteiger partial charge in [0.2, 0.25) is 5.91 Å². The molecule has 0 aliphatic carbocycles. The van der Waals surface area contributed by atoms with Crippen molar-refractivity contribution >= 4 is 22.8 Å². The number of amides is 1. The minimum atomic E-state index is -0.980. The van der Waals surface area contributed by atoms with Crippen molar-refractivity contribution in [2.75, 3.05) is 13.1 Å². The van der Waals surface area contributed by atoms with E-state index in [-0.39, 0.29) is 18.9 Å². The van der Waals surface area contributed by atoms with Gasteiger partial charge in [0.15, 0.2) is 0 Å². The Morgan fingerprint density at radius 1 is 1.33 bits per heavy atom. The number of aliphatic carboxylic acids is 1. The molecule has 1 aromatic carbocycles. The number of aromatic nitrogens is 1. The van der Waals surface area contributed by atoms with Gasteiger partial charge in [-0.05, 0) is 30.5 Å². The van der Waals surface area contributed by atoms with Crippen molar-refractivity contribution in [2.45, 2.75) is 26.7 Å². The number of fused-ring (bicyclic) bond motifs is 1. The molecule has 0 aliphatic heterocycles. The summed E-state index contributed by atoms with van der Waals surface area (Å²) in [6, 6.07) is 5.94. The summed E-state index contributed by atoms with van der Waals surface area (Å²) in [6.07, 6.45) is 2.80. The lowest BCUT2D eigenvalue weighted by molar-refractivity contribution is -0.144. The Bertz CT molecular complexity index is 661. The first-order valence-electron chi connectivity index (χ1n) is 7.08. The molecule has 0 saturated carbocycles. The summed E-state index contributed by atoms with van der Waals surface area (Å²) in [5, 5.41) is 9.95. The largest absolute Gasteiger partial charge is 0.480 e. The summed E-state index contributed by atoms with van der Waals surface area (Å²) in [4.78, 5) is 27.8. The van der Waals surface area contributed by atoms with Crippen LogP contribution in [0.15, 0.2) is 24.4 Å². The Morgan fingerprint density at radius 2 is 2.10 bits per heavy atom. The normalized spacial score (nSPS) is 10.8. The van der Waals surface area contributed by atoms with Crippen LogP contribution in [0.3, 0.4) is 0 Å². The number of carboxylic acids is 1. The Kier molecular flexibility index (Phi) is 4.62. The van der Waals surface area contributed by atoms with Gasteiger partial charge in [-0.1, -0.05) is 19.1 Å². The highest BCUT2D eigenvalue weighted by Crippen LogP contribution is 2.22. The molecule has 0 unspecified atom stereocenters. The molecule has 1 aromatic heterocycles. The van der Waals surface area contributed by atoms with E-state index in [4.69, 9.17) is 5.11 Å². The van der Waals surface area contributed by atoms with Gasteiger partial charge in [0.05, 0.1) is 6.42 Å². The van der Waals surface area contributed by atoms with E-state index >= 15 is 0 Å². The molecule has 0 bridgehead atoms. The van der Waals surface area contributed by atoms with Crippen LogP contribution in [0.2, 0.25) is 0 Å². The minimum absolute atomic E-state index is 0.150. The highest BCUT2D eigenvalue weighted by atomic mass is 16.4. The predicted octanol–water partition coefficient (Wildman–Crippen LogP) is 2.34. The summed E-state index contributed by atoms with van der Waals surface area (Å²) in [5.74, 6) is -1.13. The molecule has 21 heavy (non-hydrogen) atoms. The quantitative estimate of drug-likeness (QED) is 0.857. The van der Waals surface area contributed by atoms with E-state index in [2.05, 4.69) is 4.98 Å². The van der Waals surface area contributed by atoms with Crippen molar-refractivity contribution in [3.63, 3.8) is 0 Å². The molecule has 0 saturated heterocycles. The van der Waals surface area contributed by atoms with Crippen molar-refractivity contribution < 1.29 is 14.7 Å². The van der Waals surface area contributed by atoms with Gasteiger partial charge in [0, 0.05) is 23.6 Å². The third-order valence-electron chi connectivity index (χ3n) is 3.51. The van der Waals surface area contributed by atoms with E-state index in [0.29, 0.717) is 6.54 Å². The zero-order valence-corrected chi connectivity index (χ0v) is 12.3. The van der Waals surface area contributed by atoms with Gasteiger partial charge in [-0.2, -0.15) is 0 Å². The molecule has 0 spiro atoms. The highest BCUT2D eigenvalue weighted by molar-refractivity contribution is 5.91. The molecule has 2 aromatic rings. The van der Waals surface area contributed by atoms with Crippen LogP contribution in [-0.2, 0) is 16.0 Å². The lowest BCUT2D eigenvalue weighted by Gasteiger charge is -2.19. The van der Waals surface area contributed by atoms with Gasteiger partial charge in [0.1, 0.15) is 6.54 Å². The molecular formula is C16H20N2O3. The molecule has 1 heterocycles. The van der Waals surface area contributed by atoms with Crippen molar-refractivity contribution in [3.05, 3.63) is 35.5 Å². The maximum atomic E-state index is 12.3. The first-order chi connectivity index (χ1) is 10.0. The molecule has 0 fully saturated rings. The minimum Gasteiger partial charge on any atom is -0.480 e. The maximum Gasteiger partial charge on any atom is 0.323 e. The smallest absolute Gasteiger partial charge is 0.323 e. The number of hydrogen-bond acceptors (Lipinski definition) is 2. The third kappa shape index (κ3) is 3.42. The fraction of sp³-hybridized carbons (Fsp3) is 0.375. The van der Waals surface area contributed by atoms with Gasteiger partial charge in [-0.3, -0.25) is 9.59 Å². The van der Waals surface area contributed by atoms with Crippen LogP contribution in [0.1, 0.15) is 24.5 Å². The molecule has 0 atom stereocenters. The number of carbonyl (C=O) groups excluding carboxylic acids is 1. The zero-order chi connectivity index (χ0) is 15.4. The second-order valence-electron chi connectivity index (χ2n) is 5.20. The summed E-state index contributed by atoms with van der Waals surface area (Å²) in [5.41, 5.74) is 3.02. The number of benzene rings is 1. The van der Waals surface area contributed by atoms with Gasteiger partial charge in [-0.15, -0.1) is 0 Å². The van der Waals surface area contributed by atoms with Crippen LogP contribution in [0, 0.1) is 6.92 Å². The van der Waals surface area contributed by atoms with Crippen molar-refractivity contribution in [3.8, 4) is 0 Å². The third-order valence-corrected chi connectivity index (χ3v) is 3.51. The van der Waals surface area contributed by atoms with Gasteiger partial charge in [0.25, 0.3) is 0 Å². The number of H-pyrrole nitrogens is 1. The maximum absolute atomic E-state index is 12.3. The molecule has 2 rings (SSSR count). The van der Waals surface area contributed by atoms with Gasteiger partial charge in [-0.25, -0.2) is 0 Å². The van der Waals surface area contributed by atoms with Gasteiger partial charge >= 0.3 is 5.97 Å². The number of hydrogen-bond donors (Lipinski definition) is 2. The number of nitrogens with one attached hydrogen (secondary N) is 1. The highest BCUT2D eigenvalue weighted by Gasteiger charge is 2.18. The number of nitrogens with zero attached hydrogens (tertiary/aromatic N) is 1. The van der Waals surface area contributed by atoms with Crippen molar-refractivity contribution in [1.82, 2.24) is 9.88 Å². The average Bonchev–Trinajstić information content (AvgIpc) is 2.82. The molecule has 5 nitrogen and oxygen atoms in total. The van der Waals surface area contributed by atoms with Crippen LogP contribution in [0.5, 0.6) is 0 Å². The first-order valence-corrected chi connectivity index (χ1v) is 7.08. The predicted molar refractivity (Wildman–Crippen MR) is 81.2 cm³/mol. The molecule has 112 valence electrons. The van der Waals surface area contributed by atoms with Crippen LogP contribution in [0.25, 0.3) is 10.9 Å². The van der Waals surface area contributed by atoms with Crippen LogP contribution < -0.4 is 0 Å². The van der Waals surface area contributed by atoms with Crippen LogP contribution >= 0.6 is 0 Å². The Labute approximate surface area is 123 Å². The number of carbonyl (C=O) groups is 2. The average molecular weight is 288 g/mol. The fourth-order valence-corrected chi connectivity index (χ4v) is 2.59. The van der Waals surface area contributed by atoms with E-state index in [1.165, 1.54) is 4.90 Å². The van der Waals surface area contributed by atoms with E-state index in [9.17, 15) is 9.59 Å². The van der Waals surface area contributed by atoms with Crippen molar-refractivity contribution in [1.29, 1.82) is 0 Å². The number of aromatic amines is 1. The Balaban J connectivity index is 2.22. The molecule has 0 aliphatic rings.